The molecule has 1 aliphatic carbocycles. The van der Waals surface area contributed by atoms with Gasteiger partial charge < -0.3 is 15.4 Å². The summed E-state index contributed by atoms with van der Waals surface area (Å²) in [6, 6.07) is 7.46. The highest BCUT2D eigenvalue weighted by Crippen LogP contribution is 2.28. The summed E-state index contributed by atoms with van der Waals surface area (Å²) in [6.45, 7) is 3.60. The minimum absolute atomic E-state index is 0.0250. The molecule has 1 fully saturated rings. The van der Waals surface area contributed by atoms with E-state index in [1.807, 2.05) is 24.3 Å². The summed E-state index contributed by atoms with van der Waals surface area (Å²) in [5.74, 6) is 2.14. The third-order valence-corrected chi connectivity index (χ3v) is 4.36. The molecule has 1 amide bonds. The molecule has 2 N–H and O–H groups in total. The Hall–Kier alpha value is -1.55. The number of hydrogen-bond acceptors (Lipinski definition) is 3. The second-order valence-electron chi connectivity index (χ2n) is 5.90. The fourth-order valence-electron chi connectivity index (χ4n) is 3.01. The molecule has 1 aromatic carbocycles. The fraction of sp³-hybridized carbons (Fsp3) is 0.588. The molecule has 0 heterocycles. The van der Waals surface area contributed by atoms with E-state index < -0.39 is 0 Å². The van der Waals surface area contributed by atoms with Crippen molar-refractivity contribution in [1.82, 2.24) is 5.32 Å². The highest BCUT2D eigenvalue weighted by atomic mass is 16.5. The molecule has 116 valence electrons. The second kappa shape index (κ2) is 8.03. The third-order valence-electron chi connectivity index (χ3n) is 4.36. The number of para-hydroxylation sites is 2. The van der Waals surface area contributed by atoms with Crippen molar-refractivity contribution < 1.29 is 9.53 Å². The van der Waals surface area contributed by atoms with E-state index in [9.17, 15) is 4.79 Å². The van der Waals surface area contributed by atoms with Crippen LogP contribution in [-0.2, 0) is 4.79 Å². The molecule has 0 aromatic heterocycles. The zero-order valence-corrected chi connectivity index (χ0v) is 13.0. The van der Waals surface area contributed by atoms with Crippen molar-refractivity contribution in [3.63, 3.8) is 0 Å². The summed E-state index contributed by atoms with van der Waals surface area (Å²) in [6.07, 6.45) is 5.28. The molecule has 4 heteroatoms. The van der Waals surface area contributed by atoms with Crippen LogP contribution in [-0.4, -0.2) is 26.1 Å². The number of rotatable bonds is 6. The summed E-state index contributed by atoms with van der Waals surface area (Å²) in [4.78, 5) is 12.0. The molecular weight excluding hydrogens is 264 g/mol. The van der Waals surface area contributed by atoms with Crippen LogP contribution in [0.4, 0.5) is 5.69 Å². The van der Waals surface area contributed by atoms with Crippen LogP contribution >= 0.6 is 0 Å². The molecule has 0 bridgehead atoms. The maximum absolute atomic E-state index is 12.0. The predicted molar refractivity (Wildman–Crippen MR) is 85.6 cm³/mol. The van der Waals surface area contributed by atoms with Crippen LogP contribution in [0, 0.1) is 11.8 Å². The molecule has 0 spiro atoms. The van der Waals surface area contributed by atoms with Crippen LogP contribution < -0.4 is 15.4 Å². The van der Waals surface area contributed by atoms with Crippen molar-refractivity contribution >= 4 is 11.6 Å². The largest absolute Gasteiger partial charge is 0.495 e. The van der Waals surface area contributed by atoms with Gasteiger partial charge in [0, 0.05) is 0 Å². The van der Waals surface area contributed by atoms with Crippen LogP contribution in [0.25, 0.3) is 0 Å². The van der Waals surface area contributed by atoms with Crippen LogP contribution in [0.15, 0.2) is 24.3 Å². The lowest BCUT2D eigenvalue weighted by atomic mass is 9.80. The van der Waals surface area contributed by atoms with Crippen molar-refractivity contribution in [3.05, 3.63) is 24.3 Å². The van der Waals surface area contributed by atoms with Crippen LogP contribution in [0.1, 0.15) is 32.6 Å². The number of amides is 1. The molecule has 21 heavy (non-hydrogen) atoms. The first kappa shape index (κ1) is 15.8. The SMILES string of the molecule is COc1ccccc1NC(=O)CNCC1CCCCC1C. The lowest BCUT2D eigenvalue weighted by Gasteiger charge is -2.28. The van der Waals surface area contributed by atoms with Gasteiger partial charge in [-0.05, 0) is 36.9 Å². The molecule has 4 nitrogen and oxygen atoms in total. The minimum atomic E-state index is -0.0250. The van der Waals surface area contributed by atoms with Crippen molar-refractivity contribution in [3.8, 4) is 5.75 Å². The monoisotopic (exact) mass is 290 g/mol. The zero-order valence-electron chi connectivity index (χ0n) is 13.0. The first-order valence-corrected chi connectivity index (χ1v) is 7.84. The summed E-state index contributed by atoms with van der Waals surface area (Å²) in [5.41, 5.74) is 0.720. The molecule has 2 rings (SSSR count). The maximum Gasteiger partial charge on any atom is 0.238 e. The van der Waals surface area contributed by atoms with Crippen LogP contribution in [0.5, 0.6) is 5.75 Å². The van der Waals surface area contributed by atoms with Gasteiger partial charge in [-0.2, -0.15) is 0 Å². The van der Waals surface area contributed by atoms with E-state index in [4.69, 9.17) is 4.74 Å². The number of ether oxygens (including phenoxy) is 1. The molecule has 0 radical (unpaired) electrons. The van der Waals surface area contributed by atoms with E-state index in [1.54, 1.807) is 7.11 Å². The summed E-state index contributed by atoms with van der Waals surface area (Å²) in [7, 11) is 1.60. The molecule has 2 atom stereocenters. The number of benzene rings is 1. The minimum Gasteiger partial charge on any atom is -0.495 e. The molecule has 1 aliphatic rings. The zero-order chi connectivity index (χ0) is 15.1. The van der Waals surface area contributed by atoms with E-state index in [0.717, 1.165) is 18.2 Å². The number of carbonyl (C=O) groups excluding carboxylic acids is 1. The third kappa shape index (κ3) is 4.74. The maximum atomic E-state index is 12.0. The van der Waals surface area contributed by atoms with E-state index in [1.165, 1.54) is 25.7 Å². The normalized spacial score (nSPS) is 21.8. The quantitative estimate of drug-likeness (QED) is 0.846. The molecule has 0 saturated heterocycles. The standard InChI is InChI=1S/C17H26N2O2/c1-13-7-3-4-8-14(13)11-18-12-17(20)19-15-9-5-6-10-16(15)21-2/h5-6,9-10,13-14,18H,3-4,7-8,11-12H2,1-2H3,(H,19,20). The van der Waals surface area contributed by atoms with Gasteiger partial charge in [-0.3, -0.25) is 4.79 Å². The van der Waals surface area contributed by atoms with Crippen molar-refractivity contribution in [2.75, 3.05) is 25.5 Å². The van der Waals surface area contributed by atoms with E-state index >= 15 is 0 Å². The van der Waals surface area contributed by atoms with Gasteiger partial charge in [-0.25, -0.2) is 0 Å². The number of carbonyl (C=O) groups is 1. The predicted octanol–water partition coefficient (Wildman–Crippen LogP) is 3.05. The van der Waals surface area contributed by atoms with Crippen LogP contribution in [0.3, 0.4) is 0 Å². The Kier molecular flexibility index (Phi) is 6.05. The Bertz CT molecular complexity index is 462. The average Bonchev–Trinajstić information content (AvgIpc) is 2.50. The fourth-order valence-corrected chi connectivity index (χ4v) is 3.01. The number of nitrogens with one attached hydrogen (secondary N) is 2. The van der Waals surface area contributed by atoms with Crippen LogP contribution in [0.2, 0.25) is 0 Å². The number of hydrogen-bond donors (Lipinski definition) is 2. The van der Waals surface area contributed by atoms with Crippen molar-refractivity contribution in [2.24, 2.45) is 11.8 Å². The summed E-state index contributed by atoms with van der Waals surface area (Å²) in [5, 5.41) is 6.17. The lowest BCUT2D eigenvalue weighted by molar-refractivity contribution is -0.115. The Morgan fingerprint density at radius 2 is 2.05 bits per heavy atom. The number of anilines is 1. The van der Waals surface area contributed by atoms with E-state index in [-0.39, 0.29) is 5.91 Å². The van der Waals surface area contributed by atoms with E-state index in [0.29, 0.717) is 18.2 Å². The van der Waals surface area contributed by atoms with Gasteiger partial charge in [0.25, 0.3) is 0 Å². The summed E-state index contributed by atoms with van der Waals surface area (Å²) >= 11 is 0. The highest BCUT2D eigenvalue weighted by Gasteiger charge is 2.20. The van der Waals surface area contributed by atoms with Crippen molar-refractivity contribution in [2.45, 2.75) is 32.6 Å². The van der Waals surface area contributed by atoms with Crippen molar-refractivity contribution in [1.29, 1.82) is 0 Å². The molecule has 0 aliphatic heterocycles. The molecule has 2 unspecified atom stereocenters. The number of methoxy groups -OCH3 is 1. The van der Waals surface area contributed by atoms with Gasteiger partial charge in [0.2, 0.25) is 5.91 Å². The Morgan fingerprint density at radius 3 is 2.81 bits per heavy atom. The van der Waals surface area contributed by atoms with Gasteiger partial charge in [-0.15, -0.1) is 0 Å². The van der Waals surface area contributed by atoms with Gasteiger partial charge in [0.1, 0.15) is 5.75 Å². The Labute approximate surface area is 127 Å². The molecule has 1 saturated carbocycles. The average molecular weight is 290 g/mol. The first-order chi connectivity index (χ1) is 10.2. The van der Waals surface area contributed by atoms with Gasteiger partial charge in [-0.1, -0.05) is 38.3 Å². The topological polar surface area (TPSA) is 50.4 Å². The van der Waals surface area contributed by atoms with Gasteiger partial charge in [0.15, 0.2) is 0 Å². The second-order valence-corrected chi connectivity index (χ2v) is 5.90. The Balaban J connectivity index is 1.74. The van der Waals surface area contributed by atoms with Gasteiger partial charge >= 0.3 is 0 Å². The van der Waals surface area contributed by atoms with E-state index in [2.05, 4.69) is 17.6 Å². The smallest absolute Gasteiger partial charge is 0.238 e. The molecular formula is C17H26N2O2. The summed E-state index contributed by atoms with van der Waals surface area (Å²) < 4.78 is 5.22. The first-order valence-electron chi connectivity index (χ1n) is 7.84. The molecule has 1 aromatic rings. The highest BCUT2D eigenvalue weighted by molar-refractivity contribution is 5.93. The Morgan fingerprint density at radius 1 is 1.29 bits per heavy atom. The lowest BCUT2D eigenvalue weighted by Crippen LogP contribution is -2.34. The van der Waals surface area contributed by atoms with Gasteiger partial charge in [0.05, 0.1) is 19.3 Å².